The average Bonchev–Trinajstić information content (AvgIpc) is 3.27. The molecule has 1 fully saturated rings. The van der Waals surface area contributed by atoms with E-state index in [9.17, 15) is 4.79 Å². The Morgan fingerprint density at radius 2 is 2.12 bits per heavy atom. The van der Waals surface area contributed by atoms with Crippen LogP contribution in [-0.4, -0.2) is 27.3 Å². The summed E-state index contributed by atoms with van der Waals surface area (Å²) in [5.74, 6) is 0.108. The number of aromatic nitrogens is 2. The lowest BCUT2D eigenvalue weighted by molar-refractivity contribution is 0.0736. The second kappa shape index (κ2) is 6.23. The van der Waals surface area contributed by atoms with Gasteiger partial charge in [0.1, 0.15) is 5.01 Å². The molecule has 0 N–H and O–H groups in total. The first-order valence-corrected chi connectivity index (χ1v) is 9.52. The normalized spacial score (nSPS) is 17.4. The average molecular weight is 351 g/mol. The smallest absolute Gasteiger partial charge is 0.255 e. The SMILES string of the molecule is Cc1ccc2nc(C)c(C)c(C(=O)N3CCC[C@@H]3c3nccs3)c2c1. The summed E-state index contributed by atoms with van der Waals surface area (Å²) < 4.78 is 0. The number of amides is 1. The van der Waals surface area contributed by atoms with Gasteiger partial charge >= 0.3 is 0 Å². The monoisotopic (exact) mass is 351 g/mol. The molecule has 3 heterocycles. The zero-order chi connectivity index (χ0) is 17.6. The van der Waals surface area contributed by atoms with Crippen molar-refractivity contribution in [2.45, 2.75) is 39.7 Å². The molecule has 0 unspecified atom stereocenters. The maximum Gasteiger partial charge on any atom is 0.255 e. The Bertz CT molecular complexity index is 949. The zero-order valence-corrected chi connectivity index (χ0v) is 15.6. The van der Waals surface area contributed by atoms with Crippen molar-refractivity contribution in [1.82, 2.24) is 14.9 Å². The van der Waals surface area contributed by atoms with Crippen LogP contribution in [0.3, 0.4) is 0 Å². The van der Waals surface area contributed by atoms with E-state index >= 15 is 0 Å². The van der Waals surface area contributed by atoms with Gasteiger partial charge in [-0.25, -0.2) is 4.98 Å². The van der Waals surface area contributed by atoms with Crippen LogP contribution in [0, 0.1) is 20.8 Å². The first kappa shape index (κ1) is 16.2. The second-order valence-corrected chi connectivity index (χ2v) is 7.67. The van der Waals surface area contributed by atoms with Gasteiger partial charge in [-0.05, 0) is 51.3 Å². The van der Waals surface area contributed by atoms with E-state index in [0.717, 1.165) is 57.7 Å². The summed E-state index contributed by atoms with van der Waals surface area (Å²) in [6, 6.07) is 6.24. The summed E-state index contributed by atoms with van der Waals surface area (Å²) in [6.45, 7) is 6.83. The molecular weight excluding hydrogens is 330 g/mol. The molecule has 0 aliphatic carbocycles. The highest BCUT2D eigenvalue weighted by atomic mass is 32.1. The van der Waals surface area contributed by atoms with Crippen molar-refractivity contribution >= 4 is 28.1 Å². The van der Waals surface area contributed by atoms with Gasteiger partial charge in [0.05, 0.1) is 17.1 Å². The lowest BCUT2D eigenvalue weighted by Gasteiger charge is -2.25. The molecule has 0 spiro atoms. The van der Waals surface area contributed by atoms with Gasteiger partial charge in [-0.3, -0.25) is 9.78 Å². The third-order valence-electron chi connectivity index (χ3n) is 5.09. The number of fused-ring (bicyclic) bond motifs is 1. The lowest BCUT2D eigenvalue weighted by atomic mass is 9.99. The molecular formula is C20H21N3OS. The lowest BCUT2D eigenvalue weighted by Crippen LogP contribution is -2.31. The summed E-state index contributed by atoms with van der Waals surface area (Å²) in [7, 11) is 0. The molecule has 5 heteroatoms. The topological polar surface area (TPSA) is 46.1 Å². The summed E-state index contributed by atoms with van der Waals surface area (Å²) in [5, 5.41) is 3.98. The number of carbonyl (C=O) groups excluding carboxylic acids is 1. The summed E-state index contributed by atoms with van der Waals surface area (Å²) in [5.41, 5.74) is 4.73. The number of hydrogen-bond acceptors (Lipinski definition) is 4. The van der Waals surface area contributed by atoms with Crippen LogP contribution in [0.5, 0.6) is 0 Å². The van der Waals surface area contributed by atoms with Crippen molar-refractivity contribution in [3.05, 3.63) is 57.2 Å². The van der Waals surface area contributed by atoms with Crippen molar-refractivity contribution in [2.75, 3.05) is 6.54 Å². The van der Waals surface area contributed by atoms with Crippen LogP contribution in [0.25, 0.3) is 10.9 Å². The van der Waals surface area contributed by atoms with E-state index in [1.807, 2.05) is 42.5 Å². The number of aryl methyl sites for hydroxylation is 2. The van der Waals surface area contributed by atoms with Gasteiger partial charge in [-0.2, -0.15) is 0 Å². The fourth-order valence-electron chi connectivity index (χ4n) is 3.68. The van der Waals surface area contributed by atoms with Crippen molar-refractivity contribution < 1.29 is 4.79 Å². The highest BCUT2D eigenvalue weighted by molar-refractivity contribution is 7.09. The van der Waals surface area contributed by atoms with E-state index in [2.05, 4.69) is 23.0 Å². The predicted molar refractivity (Wildman–Crippen MR) is 101 cm³/mol. The molecule has 1 atom stereocenters. The van der Waals surface area contributed by atoms with Crippen LogP contribution in [0.4, 0.5) is 0 Å². The van der Waals surface area contributed by atoms with E-state index in [4.69, 9.17) is 0 Å². The highest BCUT2D eigenvalue weighted by Gasteiger charge is 2.33. The number of nitrogens with zero attached hydrogens (tertiary/aromatic N) is 3. The van der Waals surface area contributed by atoms with Crippen LogP contribution in [0.2, 0.25) is 0 Å². The van der Waals surface area contributed by atoms with Gasteiger partial charge in [0.15, 0.2) is 0 Å². The number of pyridine rings is 1. The maximum atomic E-state index is 13.5. The van der Waals surface area contributed by atoms with Crippen LogP contribution in [-0.2, 0) is 0 Å². The molecule has 1 aromatic carbocycles. The molecule has 1 aliphatic heterocycles. The number of benzene rings is 1. The van der Waals surface area contributed by atoms with Crippen molar-refractivity contribution in [2.24, 2.45) is 0 Å². The Hall–Kier alpha value is -2.27. The van der Waals surface area contributed by atoms with Crippen molar-refractivity contribution in [3.8, 4) is 0 Å². The first-order valence-electron chi connectivity index (χ1n) is 8.64. The third-order valence-corrected chi connectivity index (χ3v) is 5.97. The first-order chi connectivity index (χ1) is 12.1. The van der Waals surface area contributed by atoms with Crippen LogP contribution in [0.15, 0.2) is 29.8 Å². The summed E-state index contributed by atoms with van der Waals surface area (Å²) >= 11 is 1.63. The van der Waals surface area contributed by atoms with Crippen molar-refractivity contribution in [1.29, 1.82) is 0 Å². The Morgan fingerprint density at radius 1 is 1.28 bits per heavy atom. The number of likely N-dealkylation sites (tertiary alicyclic amines) is 1. The third kappa shape index (κ3) is 2.72. The van der Waals surface area contributed by atoms with Crippen LogP contribution < -0.4 is 0 Å². The van der Waals surface area contributed by atoms with Gasteiger partial charge in [0.25, 0.3) is 5.91 Å². The van der Waals surface area contributed by atoms with E-state index in [1.165, 1.54) is 0 Å². The molecule has 25 heavy (non-hydrogen) atoms. The Morgan fingerprint density at radius 3 is 2.88 bits per heavy atom. The molecule has 0 radical (unpaired) electrons. The Kier molecular flexibility index (Phi) is 4.04. The summed E-state index contributed by atoms with van der Waals surface area (Å²) in [6.07, 6.45) is 3.83. The number of carbonyl (C=O) groups is 1. The van der Waals surface area contributed by atoms with Gasteiger partial charge < -0.3 is 4.90 Å². The minimum absolute atomic E-state index is 0.0974. The maximum absolute atomic E-state index is 13.5. The molecule has 4 rings (SSSR count). The molecule has 4 nitrogen and oxygen atoms in total. The molecule has 2 aromatic heterocycles. The standard InChI is InChI=1S/C20H21N3OS/c1-12-6-7-16-15(11-12)18(13(2)14(3)22-16)20(24)23-9-4-5-17(23)19-21-8-10-25-19/h6-8,10-11,17H,4-5,9H2,1-3H3/t17-/m1/s1. The minimum Gasteiger partial charge on any atom is -0.329 e. The zero-order valence-electron chi connectivity index (χ0n) is 14.7. The van der Waals surface area contributed by atoms with Gasteiger partial charge in [-0.15, -0.1) is 11.3 Å². The van der Waals surface area contributed by atoms with E-state index in [0.29, 0.717) is 0 Å². The van der Waals surface area contributed by atoms with E-state index in [1.54, 1.807) is 11.3 Å². The minimum atomic E-state index is 0.0974. The van der Waals surface area contributed by atoms with E-state index < -0.39 is 0 Å². The molecule has 1 aliphatic rings. The molecule has 1 saturated heterocycles. The molecule has 0 saturated carbocycles. The van der Waals surface area contributed by atoms with E-state index in [-0.39, 0.29) is 11.9 Å². The Balaban J connectivity index is 1.85. The molecule has 3 aromatic rings. The van der Waals surface area contributed by atoms with Crippen LogP contribution >= 0.6 is 11.3 Å². The van der Waals surface area contributed by atoms with Gasteiger partial charge in [0.2, 0.25) is 0 Å². The van der Waals surface area contributed by atoms with Crippen LogP contribution in [0.1, 0.15) is 51.1 Å². The molecule has 1 amide bonds. The van der Waals surface area contributed by atoms with Gasteiger partial charge in [-0.1, -0.05) is 11.6 Å². The second-order valence-electron chi connectivity index (χ2n) is 6.74. The fraction of sp³-hybridized carbons (Fsp3) is 0.350. The largest absolute Gasteiger partial charge is 0.329 e. The summed E-state index contributed by atoms with van der Waals surface area (Å²) in [4.78, 5) is 24.7. The molecule has 128 valence electrons. The number of rotatable bonds is 2. The predicted octanol–water partition coefficient (Wildman–Crippen LogP) is 4.59. The fourth-order valence-corrected chi connectivity index (χ4v) is 4.46. The Labute approximate surface area is 151 Å². The molecule has 0 bridgehead atoms. The van der Waals surface area contributed by atoms with Gasteiger partial charge in [0, 0.05) is 29.2 Å². The number of thiazole rings is 1. The quantitative estimate of drug-likeness (QED) is 0.678. The highest BCUT2D eigenvalue weighted by Crippen LogP contribution is 2.36. The van der Waals surface area contributed by atoms with Crippen molar-refractivity contribution in [3.63, 3.8) is 0 Å². The number of hydrogen-bond donors (Lipinski definition) is 0.